The Kier molecular flexibility index (Phi) is 3.19. The van der Waals surface area contributed by atoms with Crippen molar-refractivity contribution in [3.63, 3.8) is 0 Å². The maximum absolute atomic E-state index is 11.1. The molecule has 3 rings (SSSR count). The summed E-state index contributed by atoms with van der Waals surface area (Å²) in [6, 6.07) is 0. The first-order valence-electron chi connectivity index (χ1n) is 7.00. The molecule has 1 unspecified atom stereocenters. The van der Waals surface area contributed by atoms with E-state index in [1.807, 2.05) is 0 Å². The van der Waals surface area contributed by atoms with E-state index in [0.717, 1.165) is 19.4 Å². The Balaban J connectivity index is 1.44. The second-order valence-corrected chi connectivity index (χ2v) is 5.72. The summed E-state index contributed by atoms with van der Waals surface area (Å²) in [5.74, 6) is 0.920. The van der Waals surface area contributed by atoms with Gasteiger partial charge in [0.15, 0.2) is 0 Å². The van der Waals surface area contributed by atoms with Crippen molar-refractivity contribution < 1.29 is 4.79 Å². The molecule has 1 N–H and O–H groups in total. The van der Waals surface area contributed by atoms with Gasteiger partial charge in [-0.2, -0.15) is 0 Å². The van der Waals surface area contributed by atoms with Gasteiger partial charge in [0.1, 0.15) is 0 Å². The van der Waals surface area contributed by atoms with Gasteiger partial charge in [-0.05, 0) is 38.0 Å². The predicted octanol–water partition coefficient (Wildman–Crippen LogP) is 1.70. The predicted molar refractivity (Wildman–Crippen MR) is 67.7 cm³/mol. The van der Waals surface area contributed by atoms with Crippen LogP contribution in [0.1, 0.15) is 38.5 Å². The maximum atomic E-state index is 11.1. The first kappa shape index (κ1) is 11.3. The first-order valence-corrected chi connectivity index (χ1v) is 7.00. The standard InChI is InChI=1S/C14H22N2O/c17-14-4-1-11(9-15-14)10-16-7-5-13(6-8-16)12-2-3-12/h11H,1-10H2,(H,15,17). The Hall–Kier alpha value is -0.830. The topological polar surface area (TPSA) is 32.3 Å². The number of rotatable bonds is 2. The molecule has 3 heteroatoms. The van der Waals surface area contributed by atoms with Gasteiger partial charge in [0.25, 0.3) is 0 Å². The minimum absolute atomic E-state index is 0.237. The summed E-state index contributed by atoms with van der Waals surface area (Å²) in [5, 5.41) is 2.98. The molecule has 2 aliphatic heterocycles. The molecule has 0 aromatic carbocycles. The Morgan fingerprint density at radius 1 is 1.06 bits per heavy atom. The molecule has 3 fully saturated rings. The van der Waals surface area contributed by atoms with E-state index in [1.165, 1.54) is 45.3 Å². The third-order valence-electron chi connectivity index (χ3n) is 4.34. The van der Waals surface area contributed by atoms with Crippen molar-refractivity contribution in [1.29, 1.82) is 0 Å². The first-order chi connectivity index (χ1) is 8.31. The van der Waals surface area contributed by atoms with Gasteiger partial charge in [0, 0.05) is 32.6 Å². The zero-order valence-corrected chi connectivity index (χ0v) is 10.5. The third kappa shape index (κ3) is 2.89. The van der Waals surface area contributed by atoms with Crippen molar-refractivity contribution >= 4 is 5.91 Å². The molecule has 0 aromatic heterocycles. The monoisotopic (exact) mass is 234 g/mol. The highest BCUT2D eigenvalue weighted by Gasteiger charge is 2.25. The summed E-state index contributed by atoms with van der Waals surface area (Å²) < 4.78 is 0. The molecule has 3 aliphatic rings. The van der Waals surface area contributed by atoms with Crippen molar-refractivity contribution in [2.24, 2.45) is 5.92 Å². The van der Waals surface area contributed by atoms with E-state index in [9.17, 15) is 4.79 Å². The Labute approximate surface area is 103 Å². The van der Waals surface area contributed by atoms with Crippen LogP contribution in [-0.4, -0.2) is 37.0 Å². The molecule has 0 aromatic rings. The number of allylic oxidation sites excluding steroid dienone is 1. The lowest BCUT2D eigenvalue weighted by atomic mass is 9.96. The zero-order valence-electron chi connectivity index (χ0n) is 10.5. The van der Waals surface area contributed by atoms with E-state index in [0.29, 0.717) is 5.92 Å². The number of carbonyl (C=O) groups excluding carboxylic acids is 1. The highest BCUT2D eigenvalue weighted by Crippen LogP contribution is 2.36. The second kappa shape index (κ2) is 4.81. The minimum Gasteiger partial charge on any atom is -0.356 e. The van der Waals surface area contributed by atoms with Crippen LogP contribution in [0.5, 0.6) is 0 Å². The molecule has 1 aliphatic carbocycles. The second-order valence-electron chi connectivity index (χ2n) is 5.72. The highest BCUT2D eigenvalue weighted by atomic mass is 16.1. The smallest absolute Gasteiger partial charge is 0.220 e. The van der Waals surface area contributed by atoms with Crippen LogP contribution >= 0.6 is 0 Å². The molecule has 2 heterocycles. The molecular formula is C14H22N2O. The van der Waals surface area contributed by atoms with Gasteiger partial charge in [-0.25, -0.2) is 0 Å². The van der Waals surface area contributed by atoms with Crippen molar-refractivity contribution in [3.8, 4) is 0 Å². The molecule has 3 nitrogen and oxygen atoms in total. The van der Waals surface area contributed by atoms with E-state index in [2.05, 4.69) is 10.2 Å². The SMILES string of the molecule is O=C1CCC(CN2CCC(=C3CC3)CC2)CN1. The number of likely N-dealkylation sites (tertiary alicyclic amines) is 1. The quantitative estimate of drug-likeness (QED) is 0.738. The summed E-state index contributed by atoms with van der Waals surface area (Å²) in [6.07, 6.45) is 7.17. The van der Waals surface area contributed by atoms with E-state index in [4.69, 9.17) is 0 Å². The van der Waals surface area contributed by atoms with Crippen LogP contribution in [0.25, 0.3) is 0 Å². The molecule has 94 valence electrons. The number of piperidine rings is 2. The van der Waals surface area contributed by atoms with Crippen molar-refractivity contribution in [2.75, 3.05) is 26.2 Å². The average Bonchev–Trinajstić information content (AvgIpc) is 3.17. The number of hydrogen-bond donors (Lipinski definition) is 1. The van der Waals surface area contributed by atoms with Crippen LogP contribution in [0, 0.1) is 5.92 Å². The summed E-state index contributed by atoms with van der Waals surface area (Å²) in [4.78, 5) is 13.7. The van der Waals surface area contributed by atoms with Gasteiger partial charge >= 0.3 is 0 Å². The molecule has 1 amide bonds. The van der Waals surface area contributed by atoms with Gasteiger partial charge in [-0.1, -0.05) is 11.1 Å². The minimum atomic E-state index is 0.237. The van der Waals surface area contributed by atoms with Crippen LogP contribution in [0.4, 0.5) is 0 Å². The van der Waals surface area contributed by atoms with Gasteiger partial charge < -0.3 is 10.2 Å². The number of nitrogens with one attached hydrogen (secondary N) is 1. The van der Waals surface area contributed by atoms with E-state index < -0.39 is 0 Å². The molecule has 0 radical (unpaired) electrons. The van der Waals surface area contributed by atoms with Crippen LogP contribution in [0.2, 0.25) is 0 Å². The number of carbonyl (C=O) groups is 1. The maximum Gasteiger partial charge on any atom is 0.220 e. The summed E-state index contributed by atoms with van der Waals surface area (Å²) >= 11 is 0. The lowest BCUT2D eigenvalue weighted by Gasteiger charge is -2.33. The Morgan fingerprint density at radius 2 is 1.76 bits per heavy atom. The highest BCUT2D eigenvalue weighted by molar-refractivity contribution is 5.76. The van der Waals surface area contributed by atoms with Crippen molar-refractivity contribution in [3.05, 3.63) is 11.1 Å². The van der Waals surface area contributed by atoms with Crippen LogP contribution in [0.3, 0.4) is 0 Å². The lowest BCUT2D eigenvalue weighted by molar-refractivity contribution is -0.123. The number of hydrogen-bond acceptors (Lipinski definition) is 2. The molecular weight excluding hydrogens is 212 g/mol. The van der Waals surface area contributed by atoms with Gasteiger partial charge in [-0.3, -0.25) is 4.79 Å². The van der Waals surface area contributed by atoms with Gasteiger partial charge in [0.05, 0.1) is 0 Å². The van der Waals surface area contributed by atoms with Crippen LogP contribution in [0.15, 0.2) is 11.1 Å². The summed E-state index contributed by atoms with van der Waals surface area (Å²) in [6.45, 7) is 4.55. The zero-order chi connectivity index (χ0) is 11.7. The molecule has 1 saturated carbocycles. The van der Waals surface area contributed by atoms with Crippen molar-refractivity contribution in [1.82, 2.24) is 10.2 Å². The summed E-state index contributed by atoms with van der Waals surface area (Å²) in [5.41, 5.74) is 3.52. The molecule has 17 heavy (non-hydrogen) atoms. The van der Waals surface area contributed by atoms with Gasteiger partial charge in [-0.15, -0.1) is 0 Å². The fraction of sp³-hybridized carbons (Fsp3) is 0.786. The molecule has 2 saturated heterocycles. The number of nitrogens with zero attached hydrogens (tertiary/aromatic N) is 1. The summed E-state index contributed by atoms with van der Waals surface area (Å²) in [7, 11) is 0. The fourth-order valence-electron chi connectivity index (χ4n) is 3.08. The largest absolute Gasteiger partial charge is 0.356 e. The van der Waals surface area contributed by atoms with E-state index >= 15 is 0 Å². The van der Waals surface area contributed by atoms with Gasteiger partial charge in [0.2, 0.25) is 5.91 Å². The van der Waals surface area contributed by atoms with E-state index in [1.54, 1.807) is 11.1 Å². The van der Waals surface area contributed by atoms with Crippen molar-refractivity contribution in [2.45, 2.75) is 38.5 Å². The van der Waals surface area contributed by atoms with E-state index in [-0.39, 0.29) is 5.91 Å². The molecule has 1 atom stereocenters. The molecule has 0 spiro atoms. The van der Waals surface area contributed by atoms with Crippen LogP contribution in [-0.2, 0) is 4.79 Å². The van der Waals surface area contributed by atoms with Crippen LogP contribution < -0.4 is 5.32 Å². The molecule has 0 bridgehead atoms. The Morgan fingerprint density at radius 3 is 2.35 bits per heavy atom. The normalized spacial score (nSPS) is 30.4. The average molecular weight is 234 g/mol. The third-order valence-corrected chi connectivity index (χ3v) is 4.34. The lowest BCUT2D eigenvalue weighted by Crippen LogP contribution is -2.42. The Bertz CT molecular complexity index is 322. The fourth-order valence-corrected chi connectivity index (χ4v) is 3.08. The number of amides is 1.